The van der Waals surface area contributed by atoms with Crippen LogP contribution in [0.25, 0.3) is 0 Å². The summed E-state index contributed by atoms with van der Waals surface area (Å²) in [4.78, 5) is 34.6. The number of hydrogen-bond acceptors (Lipinski definition) is 5. The van der Waals surface area contributed by atoms with Gasteiger partial charge >= 0.3 is 5.97 Å². The standard InChI is InChI=1S/C17H20N2O5/c1-5-6-12-10-13(19(22)23)7-8-14(12)16(20)18-15(9-11(2)3)17(21)24-4/h7-8,10-11,15H,9H2,1-4H3,(H,18,20). The predicted molar refractivity (Wildman–Crippen MR) is 88.4 cm³/mol. The molecular formula is C17H20N2O5. The zero-order chi connectivity index (χ0) is 18.3. The summed E-state index contributed by atoms with van der Waals surface area (Å²) >= 11 is 0. The van der Waals surface area contributed by atoms with E-state index in [1.54, 1.807) is 6.92 Å². The van der Waals surface area contributed by atoms with Gasteiger partial charge in [0.2, 0.25) is 0 Å². The number of carbonyl (C=O) groups excluding carboxylic acids is 2. The van der Waals surface area contributed by atoms with E-state index in [1.165, 1.54) is 25.3 Å². The number of rotatable bonds is 6. The van der Waals surface area contributed by atoms with Gasteiger partial charge in [0, 0.05) is 17.7 Å². The van der Waals surface area contributed by atoms with Crippen LogP contribution >= 0.6 is 0 Å². The topological polar surface area (TPSA) is 98.5 Å². The first-order valence-electron chi connectivity index (χ1n) is 7.40. The molecule has 1 aromatic carbocycles. The van der Waals surface area contributed by atoms with Gasteiger partial charge in [0.15, 0.2) is 0 Å². The second-order valence-electron chi connectivity index (χ2n) is 5.54. The van der Waals surface area contributed by atoms with Crippen LogP contribution in [0.4, 0.5) is 5.69 Å². The lowest BCUT2D eigenvalue weighted by Crippen LogP contribution is -2.42. The highest BCUT2D eigenvalue weighted by Crippen LogP contribution is 2.18. The van der Waals surface area contributed by atoms with Gasteiger partial charge in [-0.15, -0.1) is 5.92 Å². The van der Waals surface area contributed by atoms with E-state index in [0.717, 1.165) is 0 Å². The number of esters is 1. The van der Waals surface area contributed by atoms with E-state index in [9.17, 15) is 19.7 Å². The molecule has 1 rings (SSSR count). The van der Waals surface area contributed by atoms with Crippen LogP contribution in [0.3, 0.4) is 0 Å². The van der Waals surface area contributed by atoms with Gasteiger partial charge in [-0.05, 0) is 25.3 Å². The quantitative estimate of drug-likeness (QED) is 0.373. The molecule has 0 aromatic heterocycles. The average Bonchev–Trinajstić information content (AvgIpc) is 2.53. The highest BCUT2D eigenvalue weighted by Gasteiger charge is 2.24. The van der Waals surface area contributed by atoms with Gasteiger partial charge in [-0.3, -0.25) is 14.9 Å². The molecule has 7 nitrogen and oxygen atoms in total. The van der Waals surface area contributed by atoms with Gasteiger partial charge in [-0.25, -0.2) is 4.79 Å². The van der Waals surface area contributed by atoms with Crippen LogP contribution < -0.4 is 5.32 Å². The number of hydrogen-bond donors (Lipinski definition) is 1. The number of nitro groups is 1. The molecule has 1 atom stereocenters. The highest BCUT2D eigenvalue weighted by atomic mass is 16.6. The van der Waals surface area contributed by atoms with Crippen molar-refractivity contribution in [3.8, 4) is 11.8 Å². The molecule has 128 valence electrons. The zero-order valence-corrected chi connectivity index (χ0v) is 14.1. The van der Waals surface area contributed by atoms with E-state index >= 15 is 0 Å². The largest absolute Gasteiger partial charge is 0.467 e. The number of nitrogens with zero attached hydrogens (tertiary/aromatic N) is 1. The Morgan fingerprint density at radius 3 is 2.54 bits per heavy atom. The van der Waals surface area contributed by atoms with E-state index in [1.807, 2.05) is 13.8 Å². The second kappa shape index (κ2) is 8.67. The molecule has 0 radical (unpaired) electrons. The summed E-state index contributed by atoms with van der Waals surface area (Å²) < 4.78 is 4.71. The molecule has 0 bridgehead atoms. The molecule has 0 spiro atoms. The van der Waals surface area contributed by atoms with Crippen LogP contribution in [-0.2, 0) is 9.53 Å². The van der Waals surface area contributed by atoms with Crippen molar-refractivity contribution >= 4 is 17.6 Å². The summed E-state index contributed by atoms with van der Waals surface area (Å²) in [5.74, 6) is 4.40. The maximum Gasteiger partial charge on any atom is 0.328 e. The minimum atomic E-state index is -0.792. The molecule has 0 aliphatic heterocycles. The van der Waals surface area contributed by atoms with E-state index in [2.05, 4.69) is 17.2 Å². The van der Waals surface area contributed by atoms with Crippen LogP contribution in [-0.4, -0.2) is 30.0 Å². The van der Waals surface area contributed by atoms with Gasteiger partial charge in [-0.1, -0.05) is 19.8 Å². The van der Waals surface area contributed by atoms with Crippen LogP contribution in [0.5, 0.6) is 0 Å². The number of non-ortho nitro benzene ring substituents is 1. The summed E-state index contributed by atoms with van der Waals surface area (Å²) in [6, 6.07) is 3.00. The molecular weight excluding hydrogens is 312 g/mol. The number of benzene rings is 1. The fourth-order valence-corrected chi connectivity index (χ4v) is 2.15. The fraction of sp³-hybridized carbons (Fsp3) is 0.412. The molecule has 1 N–H and O–H groups in total. The SMILES string of the molecule is CC#Cc1cc([N+](=O)[O-])ccc1C(=O)NC(CC(C)C)C(=O)OC. The number of carbonyl (C=O) groups is 2. The minimum Gasteiger partial charge on any atom is -0.467 e. The fourth-order valence-electron chi connectivity index (χ4n) is 2.15. The highest BCUT2D eigenvalue weighted by molar-refractivity contribution is 5.99. The van der Waals surface area contributed by atoms with Crippen molar-refractivity contribution in [2.75, 3.05) is 7.11 Å². The molecule has 0 saturated heterocycles. The van der Waals surface area contributed by atoms with Crippen molar-refractivity contribution in [2.45, 2.75) is 33.2 Å². The number of ether oxygens (including phenoxy) is 1. The lowest BCUT2D eigenvalue weighted by molar-refractivity contribution is -0.384. The lowest BCUT2D eigenvalue weighted by Gasteiger charge is -2.18. The van der Waals surface area contributed by atoms with E-state index < -0.39 is 22.8 Å². The third kappa shape index (κ3) is 5.09. The Bertz CT molecular complexity index is 701. The summed E-state index contributed by atoms with van der Waals surface area (Å²) in [6.07, 6.45) is 0.417. The minimum absolute atomic E-state index is 0.156. The first kappa shape index (κ1) is 19.2. The Balaban J connectivity index is 3.14. The molecule has 1 aromatic rings. The van der Waals surface area contributed by atoms with Gasteiger partial charge in [0.25, 0.3) is 11.6 Å². The Labute approximate surface area is 140 Å². The van der Waals surface area contributed by atoms with Crippen molar-refractivity contribution in [1.29, 1.82) is 0 Å². The van der Waals surface area contributed by atoms with Crippen LogP contribution in [0.2, 0.25) is 0 Å². The molecule has 24 heavy (non-hydrogen) atoms. The molecule has 0 saturated carbocycles. The third-order valence-corrected chi connectivity index (χ3v) is 3.22. The summed E-state index contributed by atoms with van der Waals surface area (Å²) in [7, 11) is 1.25. The number of nitro benzene ring substituents is 1. The smallest absolute Gasteiger partial charge is 0.328 e. The summed E-state index contributed by atoms with van der Waals surface area (Å²) in [5.41, 5.74) is 0.251. The normalized spacial score (nSPS) is 11.2. The monoisotopic (exact) mass is 332 g/mol. The zero-order valence-electron chi connectivity index (χ0n) is 14.1. The number of amides is 1. The Morgan fingerprint density at radius 2 is 2.04 bits per heavy atom. The maximum atomic E-state index is 12.5. The molecule has 0 aliphatic carbocycles. The van der Waals surface area contributed by atoms with Crippen LogP contribution in [0.1, 0.15) is 43.1 Å². The van der Waals surface area contributed by atoms with Crippen molar-refractivity contribution in [3.63, 3.8) is 0 Å². The molecule has 0 heterocycles. The first-order valence-corrected chi connectivity index (χ1v) is 7.40. The molecule has 1 unspecified atom stereocenters. The predicted octanol–water partition coefficient (Wildman–Crippen LogP) is 2.28. The van der Waals surface area contributed by atoms with Crippen molar-refractivity contribution in [1.82, 2.24) is 5.32 Å². The van der Waals surface area contributed by atoms with E-state index in [0.29, 0.717) is 6.42 Å². The van der Waals surface area contributed by atoms with Gasteiger partial charge in [0.05, 0.1) is 17.6 Å². The van der Waals surface area contributed by atoms with E-state index in [-0.39, 0.29) is 22.7 Å². The average molecular weight is 332 g/mol. The van der Waals surface area contributed by atoms with Gasteiger partial charge < -0.3 is 10.1 Å². The van der Waals surface area contributed by atoms with Crippen LogP contribution in [0, 0.1) is 27.9 Å². The number of nitrogens with one attached hydrogen (secondary N) is 1. The Morgan fingerprint density at radius 1 is 1.38 bits per heavy atom. The summed E-state index contributed by atoms with van der Waals surface area (Å²) in [6.45, 7) is 5.40. The Kier molecular flexibility index (Phi) is 6.93. The van der Waals surface area contributed by atoms with E-state index in [4.69, 9.17) is 4.74 Å². The number of methoxy groups -OCH3 is 1. The van der Waals surface area contributed by atoms with Crippen molar-refractivity contribution in [3.05, 3.63) is 39.4 Å². The Hall–Kier alpha value is -2.88. The lowest BCUT2D eigenvalue weighted by atomic mass is 10.0. The first-order chi connectivity index (χ1) is 11.3. The third-order valence-electron chi connectivity index (χ3n) is 3.22. The maximum absolute atomic E-state index is 12.5. The molecule has 0 fully saturated rings. The summed E-state index contributed by atoms with van der Waals surface area (Å²) in [5, 5.41) is 13.5. The molecule has 0 aliphatic rings. The second-order valence-corrected chi connectivity index (χ2v) is 5.54. The van der Waals surface area contributed by atoms with Crippen LogP contribution in [0.15, 0.2) is 18.2 Å². The van der Waals surface area contributed by atoms with Gasteiger partial charge in [-0.2, -0.15) is 0 Å². The molecule has 1 amide bonds. The van der Waals surface area contributed by atoms with Crippen molar-refractivity contribution in [2.24, 2.45) is 5.92 Å². The van der Waals surface area contributed by atoms with Crippen molar-refractivity contribution < 1.29 is 19.2 Å². The van der Waals surface area contributed by atoms with Gasteiger partial charge in [0.1, 0.15) is 6.04 Å². The molecule has 7 heteroatoms.